The lowest BCUT2D eigenvalue weighted by molar-refractivity contribution is -0.138. The highest BCUT2D eigenvalue weighted by molar-refractivity contribution is 8.00. The molecule has 0 heterocycles. The van der Waals surface area contributed by atoms with Gasteiger partial charge in [-0.15, -0.1) is 11.8 Å². The average molecular weight is 453 g/mol. The predicted octanol–water partition coefficient (Wildman–Crippen LogP) is 5.28. The maximum Gasteiger partial charge on any atom is 0.242 e. The Labute approximate surface area is 187 Å². The van der Waals surface area contributed by atoms with Crippen molar-refractivity contribution in [2.45, 2.75) is 38.3 Å². The van der Waals surface area contributed by atoms with E-state index in [1.165, 1.54) is 11.8 Å². The first-order chi connectivity index (χ1) is 13.8. The molecule has 156 valence electrons. The Hall–Kier alpha value is -1.69. The summed E-state index contributed by atoms with van der Waals surface area (Å²) in [5, 5.41) is 3.85. The van der Waals surface area contributed by atoms with E-state index < -0.39 is 6.04 Å². The molecule has 0 spiro atoms. The van der Waals surface area contributed by atoms with Crippen LogP contribution in [-0.4, -0.2) is 35.1 Å². The molecule has 2 aromatic carbocycles. The van der Waals surface area contributed by atoms with Crippen LogP contribution >= 0.6 is 35.0 Å². The van der Waals surface area contributed by atoms with Gasteiger partial charge in [-0.25, -0.2) is 0 Å². The molecule has 0 radical (unpaired) electrons. The number of carbonyl (C=O) groups is 2. The lowest BCUT2D eigenvalue weighted by Crippen LogP contribution is -2.48. The van der Waals surface area contributed by atoms with Crippen LogP contribution in [0, 0.1) is 5.92 Å². The molecule has 0 aliphatic carbocycles. The zero-order chi connectivity index (χ0) is 21.4. The van der Waals surface area contributed by atoms with Gasteiger partial charge in [-0.1, -0.05) is 61.3 Å². The number of rotatable bonds is 9. The number of hydrogen-bond donors (Lipinski definition) is 1. The Morgan fingerprint density at radius 3 is 2.21 bits per heavy atom. The van der Waals surface area contributed by atoms with Gasteiger partial charge in [-0.05, 0) is 37.1 Å². The largest absolute Gasteiger partial charge is 0.354 e. The number of carbonyl (C=O) groups excluding carboxylic acids is 2. The Morgan fingerprint density at radius 2 is 1.62 bits per heavy atom. The highest BCUT2D eigenvalue weighted by Crippen LogP contribution is 2.27. The third-order valence-electron chi connectivity index (χ3n) is 4.35. The summed E-state index contributed by atoms with van der Waals surface area (Å²) >= 11 is 14.1. The van der Waals surface area contributed by atoms with Gasteiger partial charge in [0.2, 0.25) is 11.8 Å². The molecular formula is C22H26Cl2N2O2S. The molecule has 0 aliphatic rings. The van der Waals surface area contributed by atoms with E-state index >= 15 is 0 Å². The third kappa shape index (κ3) is 7.25. The summed E-state index contributed by atoms with van der Waals surface area (Å²) in [7, 11) is 0. The van der Waals surface area contributed by atoms with Crippen LogP contribution < -0.4 is 5.32 Å². The van der Waals surface area contributed by atoms with Gasteiger partial charge in [-0.2, -0.15) is 0 Å². The summed E-state index contributed by atoms with van der Waals surface area (Å²) < 4.78 is 0. The van der Waals surface area contributed by atoms with Crippen molar-refractivity contribution in [1.82, 2.24) is 10.2 Å². The van der Waals surface area contributed by atoms with Gasteiger partial charge in [0, 0.05) is 33.6 Å². The SMILES string of the molecule is CC(C)CNC(=O)C(C)N(Cc1c(Cl)cccc1Cl)C(=O)CSc1ccccc1. The lowest BCUT2D eigenvalue weighted by Gasteiger charge is -2.29. The molecule has 2 amide bonds. The van der Waals surface area contributed by atoms with Crippen molar-refractivity contribution in [3.05, 3.63) is 64.1 Å². The van der Waals surface area contributed by atoms with E-state index in [0.29, 0.717) is 28.1 Å². The standard InChI is InChI=1S/C22H26Cl2N2O2S/c1-15(2)12-25-22(28)16(3)26(13-18-19(23)10-7-11-20(18)24)21(27)14-29-17-8-5-4-6-9-17/h4-11,15-16H,12-14H2,1-3H3,(H,25,28). The minimum Gasteiger partial charge on any atom is -0.354 e. The summed E-state index contributed by atoms with van der Waals surface area (Å²) in [4.78, 5) is 28.3. The van der Waals surface area contributed by atoms with Crippen LogP contribution in [0.15, 0.2) is 53.4 Å². The van der Waals surface area contributed by atoms with Crippen molar-refractivity contribution in [1.29, 1.82) is 0 Å². The molecule has 1 N–H and O–H groups in total. The monoisotopic (exact) mass is 452 g/mol. The second kappa shape index (κ2) is 11.5. The molecule has 0 fully saturated rings. The fourth-order valence-electron chi connectivity index (χ4n) is 2.63. The minimum absolute atomic E-state index is 0.151. The first-order valence-electron chi connectivity index (χ1n) is 9.47. The maximum atomic E-state index is 13.1. The van der Waals surface area contributed by atoms with E-state index in [0.717, 1.165) is 4.90 Å². The fraction of sp³-hybridized carbons (Fsp3) is 0.364. The van der Waals surface area contributed by atoms with E-state index in [-0.39, 0.29) is 24.1 Å². The Balaban J connectivity index is 2.19. The van der Waals surface area contributed by atoms with Crippen LogP contribution in [-0.2, 0) is 16.1 Å². The summed E-state index contributed by atoms with van der Waals surface area (Å²) in [6, 6.07) is 14.2. The molecule has 7 heteroatoms. The van der Waals surface area contributed by atoms with E-state index in [4.69, 9.17) is 23.2 Å². The molecule has 0 aromatic heterocycles. The molecule has 1 unspecified atom stereocenters. The van der Waals surface area contributed by atoms with Crippen molar-refractivity contribution in [3.63, 3.8) is 0 Å². The third-order valence-corrected chi connectivity index (χ3v) is 6.05. The smallest absolute Gasteiger partial charge is 0.242 e. The number of amides is 2. The van der Waals surface area contributed by atoms with Crippen molar-refractivity contribution < 1.29 is 9.59 Å². The van der Waals surface area contributed by atoms with E-state index in [2.05, 4.69) is 5.32 Å². The first kappa shape index (κ1) is 23.6. The molecule has 0 saturated heterocycles. The summed E-state index contributed by atoms with van der Waals surface area (Å²) in [6.07, 6.45) is 0. The Kier molecular flexibility index (Phi) is 9.34. The molecule has 29 heavy (non-hydrogen) atoms. The molecule has 0 bridgehead atoms. The van der Waals surface area contributed by atoms with Crippen LogP contribution in [0.5, 0.6) is 0 Å². The van der Waals surface area contributed by atoms with E-state index in [1.807, 2.05) is 44.2 Å². The molecule has 0 saturated carbocycles. The van der Waals surface area contributed by atoms with Gasteiger partial charge in [0.25, 0.3) is 0 Å². The zero-order valence-electron chi connectivity index (χ0n) is 16.8. The van der Waals surface area contributed by atoms with Crippen molar-refractivity contribution in [2.24, 2.45) is 5.92 Å². The Morgan fingerprint density at radius 1 is 1.00 bits per heavy atom. The molecule has 2 rings (SSSR count). The summed E-state index contributed by atoms with van der Waals surface area (Å²) in [5.74, 6) is 0.192. The second-order valence-electron chi connectivity index (χ2n) is 7.14. The van der Waals surface area contributed by atoms with Crippen molar-refractivity contribution in [3.8, 4) is 0 Å². The van der Waals surface area contributed by atoms with E-state index in [9.17, 15) is 9.59 Å². The van der Waals surface area contributed by atoms with Crippen LogP contribution in [0.1, 0.15) is 26.3 Å². The van der Waals surface area contributed by atoms with Crippen LogP contribution in [0.3, 0.4) is 0 Å². The summed E-state index contributed by atoms with van der Waals surface area (Å²) in [6.45, 7) is 6.49. The minimum atomic E-state index is -0.648. The number of halogens is 2. The van der Waals surface area contributed by atoms with Gasteiger partial charge in [0.15, 0.2) is 0 Å². The second-order valence-corrected chi connectivity index (χ2v) is 9.00. The Bertz CT molecular complexity index is 811. The topological polar surface area (TPSA) is 49.4 Å². The number of hydrogen-bond acceptors (Lipinski definition) is 3. The van der Waals surface area contributed by atoms with Gasteiger partial charge in [-0.3, -0.25) is 9.59 Å². The predicted molar refractivity (Wildman–Crippen MR) is 121 cm³/mol. The molecule has 0 aliphatic heterocycles. The van der Waals surface area contributed by atoms with E-state index in [1.54, 1.807) is 30.0 Å². The molecule has 4 nitrogen and oxygen atoms in total. The van der Waals surface area contributed by atoms with Gasteiger partial charge in [0.05, 0.1) is 5.75 Å². The number of thioether (sulfide) groups is 1. The van der Waals surface area contributed by atoms with Crippen LogP contribution in [0.2, 0.25) is 10.0 Å². The highest BCUT2D eigenvalue weighted by Gasteiger charge is 2.27. The molecule has 2 aromatic rings. The van der Waals surface area contributed by atoms with Crippen LogP contribution in [0.25, 0.3) is 0 Å². The van der Waals surface area contributed by atoms with Crippen molar-refractivity contribution >= 4 is 46.8 Å². The molecule has 1 atom stereocenters. The van der Waals surface area contributed by atoms with Crippen LogP contribution in [0.4, 0.5) is 0 Å². The fourth-order valence-corrected chi connectivity index (χ4v) is 3.96. The van der Waals surface area contributed by atoms with Gasteiger partial charge >= 0.3 is 0 Å². The zero-order valence-corrected chi connectivity index (χ0v) is 19.2. The first-order valence-corrected chi connectivity index (χ1v) is 11.2. The maximum absolute atomic E-state index is 13.1. The molecular weight excluding hydrogens is 427 g/mol. The van der Waals surface area contributed by atoms with Gasteiger partial charge in [0.1, 0.15) is 6.04 Å². The van der Waals surface area contributed by atoms with Crippen molar-refractivity contribution in [2.75, 3.05) is 12.3 Å². The number of nitrogens with one attached hydrogen (secondary N) is 1. The highest BCUT2D eigenvalue weighted by atomic mass is 35.5. The normalized spacial score (nSPS) is 11.9. The lowest BCUT2D eigenvalue weighted by atomic mass is 10.1. The quantitative estimate of drug-likeness (QED) is 0.526. The average Bonchev–Trinajstić information content (AvgIpc) is 2.70. The number of benzene rings is 2. The number of nitrogens with zero attached hydrogens (tertiary/aromatic N) is 1. The summed E-state index contributed by atoms with van der Waals surface area (Å²) in [5.41, 5.74) is 0.636. The van der Waals surface area contributed by atoms with Gasteiger partial charge < -0.3 is 10.2 Å².